The molecule has 4 nitrogen and oxygen atoms in total. The highest BCUT2D eigenvalue weighted by Crippen LogP contribution is 2.30. The summed E-state index contributed by atoms with van der Waals surface area (Å²) in [5.74, 6) is 0. The van der Waals surface area contributed by atoms with Gasteiger partial charge in [-0.25, -0.2) is 0 Å². The molecule has 2 aromatic rings. The van der Waals surface area contributed by atoms with E-state index in [0.717, 1.165) is 16.1 Å². The van der Waals surface area contributed by atoms with E-state index in [1.54, 1.807) is 27.7 Å². The van der Waals surface area contributed by atoms with Crippen LogP contribution in [-0.2, 0) is 18.9 Å². The Morgan fingerprint density at radius 2 is 2.17 bits per heavy atom. The Balaban J connectivity index is 2.27. The van der Waals surface area contributed by atoms with Gasteiger partial charge in [0.1, 0.15) is 0 Å². The van der Waals surface area contributed by atoms with Crippen LogP contribution in [0.3, 0.4) is 0 Å². The lowest BCUT2D eigenvalue weighted by atomic mass is 9.87. The fourth-order valence-electron chi connectivity index (χ4n) is 1.98. The summed E-state index contributed by atoms with van der Waals surface area (Å²) in [6.45, 7) is 6.33. The van der Waals surface area contributed by atoms with Crippen LogP contribution in [0.5, 0.6) is 0 Å². The standard InChI is InChI=1S/C13H19N3OS/c1-13(2,3)12-10(7-16(4)15-12)11(17)5-9-6-14-8-18-9/h6-8,11,17H,5H2,1-4H3. The summed E-state index contributed by atoms with van der Waals surface area (Å²) in [7, 11) is 1.89. The molecule has 0 aromatic carbocycles. The zero-order chi connectivity index (χ0) is 13.3. The molecule has 0 aliphatic heterocycles. The predicted octanol–water partition coefficient (Wildman–Crippen LogP) is 2.45. The van der Waals surface area contributed by atoms with Crippen LogP contribution in [0.25, 0.3) is 0 Å². The van der Waals surface area contributed by atoms with Gasteiger partial charge in [-0.15, -0.1) is 11.3 Å². The zero-order valence-corrected chi connectivity index (χ0v) is 12.0. The third kappa shape index (κ3) is 2.79. The number of nitrogens with zero attached hydrogens (tertiary/aromatic N) is 3. The van der Waals surface area contributed by atoms with E-state index >= 15 is 0 Å². The molecule has 5 heteroatoms. The summed E-state index contributed by atoms with van der Waals surface area (Å²) in [5.41, 5.74) is 3.60. The lowest BCUT2D eigenvalue weighted by molar-refractivity contribution is 0.177. The highest BCUT2D eigenvalue weighted by atomic mass is 32.1. The first kappa shape index (κ1) is 13.2. The molecule has 18 heavy (non-hydrogen) atoms. The first-order chi connectivity index (χ1) is 8.38. The Labute approximate surface area is 111 Å². The lowest BCUT2D eigenvalue weighted by Gasteiger charge is -2.19. The van der Waals surface area contributed by atoms with Gasteiger partial charge < -0.3 is 5.11 Å². The number of rotatable bonds is 3. The van der Waals surface area contributed by atoms with Crippen LogP contribution in [0, 0.1) is 0 Å². The van der Waals surface area contributed by atoms with Crippen LogP contribution >= 0.6 is 11.3 Å². The van der Waals surface area contributed by atoms with Gasteiger partial charge in [0.05, 0.1) is 17.3 Å². The molecular formula is C13H19N3OS. The van der Waals surface area contributed by atoms with E-state index in [1.165, 1.54) is 0 Å². The van der Waals surface area contributed by atoms with Crippen LogP contribution in [0.4, 0.5) is 0 Å². The van der Waals surface area contributed by atoms with E-state index in [0.29, 0.717) is 6.42 Å². The molecule has 0 amide bonds. The first-order valence-corrected chi connectivity index (χ1v) is 6.85. The normalized spacial score (nSPS) is 13.8. The number of hydrogen-bond acceptors (Lipinski definition) is 4. The van der Waals surface area contributed by atoms with Crippen LogP contribution in [0.2, 0.25) is 0 Å². The van der Waals surface area contributed by atoms with Gasteiger partial charge in [-0.3, -0.25) is 9.67 Å². The van der Waals surface area contributed by atoms with Gasteiger partial charge in [0.25, 0.3) is 0 Å². The van der Waals surface area contributed by atoms with E-state index in [-0.39, 0.29) is 5.41 Å². The fourth-order valence-corrected chi connectivity index (χ4v) is 2.61. The third-order valence-electron chi connectivity index (χ3n) is 2.80. The second kappa shape index (κ2) is 4.82. The van der Waals surface area contributed by atoms with Crippen LogP contribution in [0.1, 0.15) is 43.0 Å². The van der Waals surface area contributed by atoms with Crippen molar-refractivity contribution in [2.75, 3.05) is 0 Å². The number of hydrogen-bond donors (Lipinski definition) is 1. The highest BCUT2D eigenvalue weighted by molar-refractivity contribution is 7.09. The van der Waals surface area contributed by atoms with Gasteiger partial charge in [0.2, 0.25) is 0 Å². The minimum Gasteiger partial charge on any atom is -0.388 e. The number of aliphatic hydroxyl groups excluding tert-OH is 1. The Morgan fingerprint density at radius 3 is 2.72 bits per heavy atom. The monoisotopic (exact) mass is 265 g/mol. The average Bonchev–Trinajstić information content (AvgIpc) is 2.85. The third-order valence-corrected chi connectivity index (χ3v) is 3.61. The summed E-state index contributed by atoms with van der Waals surface area (Å²) in [6.07, 6.45) is 3.79. The quantitative estimate of drug-likeness (QED) is 0.927. The Bertz CT molecular complexity index is 511. The smallest absolute Gasteiger partial charge is 0.0872 e. The van der Waals surface area contributed by atoms with Crippen LogP contribution in [-0.4, -0.2) is 19.9 Å². The summed E-state index contributed by atoms with van der Waals surface area (Å²) < 4.78 is 1.77. The second-order valence-corrected chi connectivity index (χ2v) is 6.52. The maximum atomic E-state index is 10.4. The van der Waals surface area contributed by atoms with Gasteiger partial charge >= 0.3 is 0 Å². The van der Waals surface area contributed by atoms with Crippen molar-refractivity contribution in [3.8, 4) is 0 Å². The molecule has 1 N–H and O–H groups in total. The van der Waals surface area contributed by atoms with E-state index < -0.39 is 6.10 Å². The number of aliphatic hydroxyl groups is 1. The summed E-state index contributed by atoms with van der Waals surface area (Å²) in [4.78, 5) is 5.12. The molecule has 2 heterocycles. The largest absolute Gasteiger partial charge is 0.388 e. The summed E-state index contributed by atoms with van der Waals surface area (Å²) in [6, 6.07) is 0. The molecule has 1 atom stereocenters. The van der Waals surface area contributed by atoms with Crippen molar-refractivity contribution in [1.29, 1.82) is 0 Å². The molecule has 0 fully saturated rings. The Morgan fingerprint density at radius 1 is 1.44 bits per heavy atom. The molecule has 0 spiro atoms. The zero-order valence-electron chi connectivity index (χ0n) is 11.2. The molecule has 0 saturated carbocycles. The van der Waals surface area contributed by atoms with Crippen molar-refractivity contribution in [1.82, 2.24) is 14.8 Å². The fraction of sp³-hybridized carbons (Fsp3) is 0.538. The number of thiazole rings is 1. The molecule has 0 aliphatic carbocycles. The minimum atomic E-state index is -0.520. The maximum absolute atomic E-state index is 10.4. The molecule has 2 rings (SSSR count). The highest BCUT2D eigenvalue weighted by Gasteiger charge is 2.25. The van der Waals surface area contributed by atoms with Crippen molar-refractivity contribution < 1.29 is 5.11 Å². The van der Waals surface area contributed by atoms with E-state index in [4.69, 9.17) is 0 Å². The minimum absolute atomic E-state index is 0.0642. The molecule has 0 saturated heterocycles. The SMILES string of the molecule is Cn1cc(C(O)Cc2cncs2)c(C(C)(C)C)n1. The maximum Gasteiger partial charge on any atom is 0.0872 e. The van der Waals surface area contributed by atoms with Crippen molar-refractivity contribution in [3.63, 3.8) is 0 Å². The molecule has 0 bridgehead atoms. The van der Waals surface area contributed by atoms with Gasteiger partial charge in [-0.2, -0.15) is 5.10 Å². The van der Waals surface area contributed by atoms with Crippen molar-refractivity contribution >= 4 is 11.3 Å². The van der Waals surface area contributed by atoms with Gasteiger partial charge in [0, 0.05) is 41.7 Å². The lowest BCUT2D eigenvalue weighted by Crippen LogP contribution is -2.16. The predicted molar refractivity (Wildman–Crippen MR) is 72.7 cm³/mol. The molecule has 98 valence electrons. The Kier molecular flexibility index (Phi) is 3.54. The van der Waals surface area contributed by atoms with Gasteiger partial charge in [-0.1, -0.05) is 20.8 Å². The van der Waals surface area contributed by atoms with Gasteiger partial charge in [-0.05, 0) is 0 Å². The Hall–Kier alpha value is -1.20. The van der Waals surface area contributed by atoms with Crippen molar-refractivity contribution in [2.24, 2.45) is 7.05 Å². The second-order valence-electron chi connectivity index (χ2n) is 5.54. The van der Waals surface area contributed by atoms with E-state index in [1.807, 2.05) is 13.2 Å². The van der Waals surface area contributed by atoms with E-state index in [2.05, 4.69) is 30.9 Å². The topological polar surface area (TPSA) is 50.9 Å². The van der Waals surface area contributed by atoms with Crippen LogP contribution < -0.4 is 0 Å². The summed E-state index contributed by atoms with van der Waals surface area (Å²) in [5, 5.41) is 14.9. The van der Waals surface area contributed by atoms with Crippen molar-refractivity contribution in [2.45, 2.75) is 38.7 Å². The molecule has 1 unspecified atom stereocenters. The first-order valence-electron chi connectivity index (χ1n) is 5.97. The number of aromatic nitrogens is 3. The van der Waals surface area contributed by atoms with Crippen LogP contribution in [0.15, 0.2) is 17.9 Å². The molecule has 2 aromatic heterocycles. The molecule has 0 aliphatic rings. The average molecular weight is 265 g/mol. The van der Waals surface area contributed by atoms with Crippen molar-refractivity contribution in [3.05, 3.63) is 34.0 Å². The molecule has 0 radical (unpaired) electrons. The molecular weight excluding hydrogens is 246 g/mol. The summed E-state index contributed by atoms with van der Waals surface area (Å²) >= 11 is 1.57. The van der Waals surface area contributed by atoms with Gasteiger partial charge in [0.15, 0.2) is 0 Å². The van der Waals surface area contributed by atoms with E-state index in [9.17, 15) is 5.11 Å². The number of aryl methyl sites for hydroxylation is 1.